The zero-order valence-electron chi connectivity index (χ0n) is 23.8. The van der Waals surface area contributed by atoms with Crippen LogP contribution in [-0.2, 0) is 0 Å². The molecule has 0 radical (unpaired) electrons. The molecule has 0 amide bonds. The fourth-order valence-corrected chi connectivity index (χ4v) is 5.70. The summed E-state index contributed by atoms with van der Waals surface area (Å²) < 4.78 is 11.9. The molecule has 6 rings (SSSR count). The van der Waals surface area contributed by atoms with Crippen LogP contribution in [0.25, 0.3) is 54.6 Å². The lowest BCUT2D eigenvalue weighted by molar-refractivity contribution is 0.242. The standard InChI is InChI=1S/C36H32O6/c1-19(2)41-23-9-5-21-7-13-29(37)35(27(21)17-23)33-25-11-16-32(40)34(26(25)12-15-31(33)39)36-28-18-24(42-20(3)4)10-6-22(28)8-14-30(36)38/h5-20,37-40H,1-4H3. The van der Waals surface area contributed by atoms with Gasteiger partial charge in [0.2, 0.25) is 0 Å². The molecule has 42 heavy (non-hydrogen) atoms. The minimum atomic E-state index is -0.0421. The van der Waals surface area contributed by atoms with Crippen LogP contribution in [0.1, 0.15) is 27.7 Å². The molecule has 0 fully saturated rings. The molecule has 0 aliphatic rings. The summed E-state index contributed by atoms with van der Waals surface area (Å²) in [6, 6.07) is 24.7. The van der Waals surface area contributed by atoms with E-state index in [1.54, 1.807) is 36.4 Å². The molecule has 212 valence electrons. The Bertz CT molecular complexity index is 1850. The summed E-state index contributed by atoms with van der Waals surface area (Å²) in [5.41, 5.74) is 1.69. The highest BCUT2D eigenvalue weighted by Gasteiger charge is 2.23. The van der Waals surface area contributed by atoms with Crippen LogP contribution in [-0.4, -0.2) is 32.6 Å². The Hall–Kier alpha value is -5.10. The number of hydrogen-bond donors (Lipinski definition) is 4. The Kier molecular flexibility index (Phi) is 6.70. The average molecular weight is 561 g/mol. The zero-order valence-corrected chi connectivity index (χ0v) is 23.8. The summed E-state index contributed by atoms with van der Waals surface area (Å²) in [5.74, 6) is 1.19. The summed E-state index contributed by atoms with van der Waals surface area (Å²) in [4.78, 5) is 0. The average Bonchev–Trinajstić information content (AvgIpc) is 2.93. The predicted octanol–water partition coefficient (Wildman–Crippen LogP) is 8.88. The van der Waals surface area contributed by atoms with E-state index in [2.05, 4.69) is 0 Å². The third-order valence-corrected chi connectivity index (χ3v) is 7.34. The second-order valence-electron chi connectivity index (χ2n) is 11.0. The molecular formula is C36H32O6. The lowest BCUT2D eigenvalue weighted by Gasteiger charge is -2.19. The number of fused-ring (bicyclic) bond motifs is 3. The molecule has 6 aromatic rings. The summed E-state index contributed by atoms with van der Waals surface area (Å²) in [5, 5.41) is 49.2. The van der Waals surface area contributed by atoms with Crippen LogP contribution in [0.15, 0.2) is 84.9 Å². The normalized spacial score (nSPS) is 11.7. The predicted molar refractivity (Wildman–Crippen MR) is 168 cm³/mol. The van der Waals surface area contributed by atoms with Crippen molar-refractivity contribution in [2.45, 2.75) is 39.9 Å². The zero-order chi connectivity index (χ0) is 29.7. The van der Waals surface area contributed by atoms with Gasteiger partial charge in [-0.3, -0.25) is 0 Å². The van der Waals surface area contributed by atoms with Crippen LogP contribution in [0.5, 0.6) is 34.5 Å². The molecule has 0 saturated heterocycles. The van der Waals surface area contributed by atoms with Gasteiger partial charge in [0.1, 0.15) is 34.5 Å². The van der Waals surface area contributed by atoms with Crippen molar-refractivity contribution >= 4 is 32.3 Å². The highest BCUT2D eigenvalue weighted by Crippen LogP contribution is 2.50. The number of aromatic hydroxyl groups is 4. The van der Waals surface area contributed by atoms with Gasteiger partial charge in [0.05, 0.1) is 12.2 Å². The van der Waals surface area contributed by atoms with Crippen molar-refractivity contribution < 1.29 is 29.9 Å². The van der Waals surface area contributed by atoms with Gasteiger partial charge in [-0.25, -0.2) is 0 Å². The van der Waals surface area contributed by atoms with Gasteiger partial charge in [0.25, 0.3) is 0 Å². The molecule has 0 saturated carbocycles. The number of ether oxygens (including phenoxy) is 2. The molecule has 6 nitrogen and oxygen atoms in total. The van der Waals surface area contributed by atoms with Crippen molar-refractivity contribution in [3.63, 3.8) is 0 Å². The molecule has 0 heterocycles. The van der Waals surface area contributed by atoms with Crippen molar-refractivity contribution in [2.75, 3.05) is 0 Å². The minimum Gasteiger partial charge on any atom is -0.507 e. The van der Waals surface area contributed by atoms with Crippen molar-refractivity contribution in [1.82, 2.24) is 0 Å². The third-order valence-electron chi connectivity index (χ3n) is 7.34. The van der Waals surface area contributed by atoms with E-state index in [0.717, 1.165) is 10.8 Å². The van der Waals surface area contributed by atoms with Crippen molar-refractivity contribution in [3.8, 4) is 56.8 Å². The molecule has 0 bridgehead atoms. The van der Waals surface area contributed by atoms with Crippen molar-refractivity contribution in [2.24, 2.45) is 0 Å². The van der Waals surface area contributed by atoms with E-state index >= 15 is 0 Å². The van der Waals surface area contributed by atoms with Crippen molar-refractivity contribution in [3.05, 3.63) is 84.9 Å². The fourth-order valence-electron chi connectivity index (χ4n) is 5.70. The SMILES string of the molecule is CC(C)Oc1ccc2ccc(O)c(-c3c(O)ccc4c(-c5c(O)ccc6ccc(OC(C)C)cc56)c(O)ccc34)c2c1. The lowest BCUT2D eigenvalue weighted by atomic mass is 9.87. The molecule has 4 N–H and O–H groups in total. The van der Waals surface area contributed by atoms with Crippen LogP contribution in [0.3, 0.4) is 0 Å². The van der Waals surface area contributed by atoms with Gasteiger partial charge < -0.3 is 29.9 Å². The van der Waals surface area contributed by atoms with Gasteiger partial charge in [-0.1, -0.05) is 24.3 Å². The Labute approximate surface area is 243 Å². The van der Waals surface area contributed by atoms with E-state index in [1.807, 2.05) is 76.2 Å². The van der Waals surface area contributed by atoms with Gasteiger partial charge >= 0.3 is 0 Å². The molecule has 0 atom stereocenters. The Balaban J connectivity index is 1.68. The van der Waals surface area contributed by atoms with E-state index in [4.69, 9.17) is 9.47 Å². The molecule has 6 aromatic carbocycles. The smallest absolute Gasteiger partial charge is 0.124 e. The first kappa shape index (κ1) is 27.1. The Morgan fingerprint density at radius 2 is 0.714 bits per heavy atom. The van der Waals surface area contributed by atoms with Gasteiger partial charge in [-0.05, 0) is 121 Å². The third kappa shape index (κ3) is 4.65. The van der Waals surface area contributed by atoms with Gasteiger partial charge in [0, 0.05) is 22.3 Å². The molecule has 0 aromatic heterocycles. The van der Waals surface area contributed by atoms with Crippen LogP contribution < -0.4 is 9.47 Å². The number of phenols is 4. The molecule has 0 aliphatic carbocycles. The maximum Gasteiger partial charge on any atom is 0.124 e. The van der Waals surface area contributed by atoms with E-state index < -0.39 is 0 Å². The van der Waals surface area contributed by atoms with E-state index in [1.165, 1.54) is 0 Å². The summed E-state index contributed by atoms with van der Waals surface area (Å²) in [6.07, 6.45) is -0.0842. The summed E-state index contributed by atoms with van der Waals surface area (Å²) in [7, 11) is 0. The van der Waals surface area contributed by atoms with Gasteiger partial charge in [-0.2, -0.15) is 0 Å². The molecule has 6 heteroatoms. The maximum atomic E-state index is 11.3. The summed E-state index contributed by atoms with van der Waals surface area (Å²) >= 11 is 0. The van der Waals surface area contributed by atoms with E-state index in [-0.39, 0.29) is 35.2 Å². The van der Waals surface area contributed by atoms with Gasteiger partial charge in [-0.15, -0.1) is 0 Å². The number of rotatable bonds is 6. The van der Waals surface area contributed by atoms with Gasteiger partial charge in [0.15, 0.2) is 0 Å². The number of hydrogen-bond acceptors (Lipinski definition) is 6. The highest BCUT2D eigenvalue weighted by atomic mass is 16.5. The van der Waals surface area contributed by atoms with Crippen LogP contribution in [0.2, 0.25) is 0 Å². The van der Waals surface area contributed by atoms with Crippen LogP contribution in [0, 0.1) is 0 Å². The molecule has 0 unspecified atom stereocenters. The van der Waals surface area contributed by atoms with Crippen LogP contribution >= 0.6 is 0 Å². The molecule has 0 aliphatic heterocycles. The maximum absolute atomic E-state index is 11.3. The second kappa shape index (κ2) is 10.4. The quantitative estimate of drug-likeness (QED) is 0.162. The number of phenolic OH excluding ortho intramolecular Hbond substituents is 4. The molecule has 0 spiro atoms. The van der Waals surface area contributed by atoms with Crippen molar-refractivity contribution in [1.29, 1.82) is 0 Å². The first-order valence-electron chi connectivity index (χ1n) is 14.0. The first-order chi connectivity index (χ1) is 20.1. The highest BCUT2D eigenvalue weighted by molar-refractivity contribution is 6.16. The van der Waals surface area contributed by atoms with Crippen LogP contribution in [0.4, 0.5) is 0 Å². The van der Waals surface area contributed by atoms with E-state index in [0.29, 0.717) is 55.3 Å². The first-order valence-corrected chi connectivity index (χ1v) is 14.0. The second-order valence-corrected chi connectivity index (χ2v) is 11.0. The summed E-state index contributed by atoms with van der Waals surface area (Å²) in [6.45, 7) is 7.77. The number of benzene rings is 6. The largest absolute Gasteiger partial charge is 0.507 e. The fraction of sp³-hybridized carbons (Fsp3) is 0.167. The molecular weight excluding hydrogens is 528 g/mol. The van der Waals surface area contributed by atoms with E-state index in [9.17, 15) is 20.4 Å². The minimum absolute atomic E-state index is 0.00916. The topological polar surface area (TPSA) is 99.4 Å². The lowest BCUT2D eigenvalue weighted by Crippen LogP contribution is -2.05. The monoisotopic (exact) mass is 560 g/mol. The Morgan fingerprint density at radius 1 is 0.405 bits per heavy atom. The Morgan fingerprint density at radius 3 is 1.07 bits per heavy atom.